The molecule has 0 saturated carbocycles. The number of amides is 3. The number of aldehydes is 1. The van der Waals surface area contributed by atoms with Crippen LogP contribution in [0.3, 0.4) is 0 Å². The molecule has 1 aliphatic rings. The number of carbonyl (C=O) groups excluding carboxylic acids is 3. The average Bonchev–Trinajstić information content (AvgIpc) is 2.26. The highest BCUT2D eigenvalue weighted by Crippen LogP contribution is 2.14. The van der Waals surface area contributed by atoms with Crippen LogP contribution < -0.4 is 11.1 Å². The minimum atomic E-state index is -0.825. The maximum atomic E-state index is 11.1. The third kappa shape index (κ3) is 4.39. The first-order valence-corrected chi connectivity index (χ1v) is 5.38. The lowest BCUT2D eigenvalue weighted by Gasteiger charge is -2.29. The van der Waals surface area contributed by atoms with Crippen LogP contribution in [-0.2, 0) is 9.59 Å². The fourth-order valence-electron chi connectivity index (χ4n) is 1.87. The van der Waals surface area contributed by atoms with Gasteiger partial charge in [-0.1, -0.05) is 0 Å². The zero-order valence-corrected chi connectivity index (χ0v) is 9.15. The fraction of sp³-hybridized carbons (Fsp3) is 0.700. The lowest BCUT2D eigenvalue weighted by Crippen LogP contribution is -2.40. The number of rotatable bonds is 4. The van der Waals surface area contributed by atoms with E-state index in [9.17, 15) is 14.4 Å². The van der Waals surface area contributed by atoms with Gasteiger partial charge in [-0.15, -0.1) is 0 Å². The monoisotopic (exact) mass is 227 g/mol. The maximum Gasteiger partial charge on any atom is 0.318 e. The van der Waals surface area contributed by atoms with Crippen molar-refractivity contribution < 1.29 is 14.4 Å². The van der Waals surface area contributed by atoms with Gasteiger partial charge in [0.1, 0.15) is 6.29 Å². The van der Waals surface area contributed by atoms with Crippen LogP contribution in [0.5, 0.6) is 0 Å². The lowest BCUT2D eigenvalue weighted by molar-refractivity contribution is -0.120. The second-order valence-electron chi connectivity index (χ2n) is 4.00. The Kier molecular flexibility index (Phi) is 4.91. The second kappa shape index (κ2) is 6.22. The molecule has 1 heterocycles. The molecule has 3 amide bonds. The number of nitrogens with two attached hydrogens (primary N) is 1. The van der Waals surface area contributed by atoms with Crippen LogP contribution in [0.1, 0.15) is 19.3 Å². The summed E-state index contributed by atoms with van der Waals surface area (Å²) in [5.74, 6) is -0.298. The highest BCUT2D eigenvalue weighted by Gasteiger charge is 2.19. The molecule has 1 aliphatic heterocycles. The van der Waals surface area contributed by atoms with Gasteiger partial charge in [-0.05, 0) is 19.4 Å². The van der Waals surface area contributed by atoms with Crippen molar-refractivity contribution in [3.8, 4) is 0 Å². The molecule has 90 valence electrons. The number of urea groups is 1. The Morgan fingerprint density at radius 3 is 2.88 bits per heavy atom. The van der Waals surface area contributed by atoms with Crippen molar-refractivity contribution in [2.24, 2.45) is 11.7 Å². The first-order valence-electron chi connectivity index (χ1n) is 5.38. The van der Waals surface area contributed by atoms with Gasteiger partial charge in [-0.3, -0.25) is 10.1 Å². The molecule has 0 aromatic carbocycles. The van der Waals surface area contributed by atoms with Crippen molar-refractivity contribution in [2.45, 2.75) is 19.3 Å². The van der Waals surface area contributed by atoms with Gasteiger partial charge in [0, 0.05) is 25.4 Å². The number of nitrogens with one attached hydrogen (secondary N) is 1. The molecule has 0 aromatic heterocycles. The fourth-order valence-corrected chi connectivity index (χ4v) is 1.87. The van der Waals surface area contributed by atoms with E-state index >= 15 is 0 Å². The van der Waals surface area contributed by atoms with Crippen molar-refractivity contribution in [3.05, 3.63) is 0 Å². The van der Waals surface area contributed by atoms with Gasteiger partial charge in [0.15, 0.2) is 0 Å². The molecule has 6 heteroatoms. The van der Waals surface area contributed by atoms with Gasteiger partial charge in [-0.2, -0.15) is 0 Å². The molecule has 16 heavy (non-hydrogen) atoms. The number of piperidine rings is 1. The Bertz CT molecular complexity index is 280. The zero-order chi connectivity index (χ0) is 12.0. The van der Waals surface area contributed by atoms with Crippen LogP contribution in [-0.4, -0.2) is 42.8 Å². The van der Waals surface area contributed by atoms with Gasteiger partial charge < -0.3 is 15.4 Å². The van der Waals surface area contributed by atoms with E-state index in [1.807, 2.05) is 5.32 Å². The maximum absolute atomic E-state index is 11.1. The summed E-state index contributed by atoms with van der Waals surface area (Å²) < 4.78 is 0. The number of primary amides is 1. The molecule has 3 N–H and O–H groups in total. The summed E-state index contributed by atoms with van der Waals surface area (Å²) in [6.07, 6.45) is 3.10. The molecule has 1 unspecified atom stereocenters. The molecule has 1 saturated heterocycles. The number of imide groups is 1. The molecule has 1 fully saturated rings. The number of likely N-dealkylation sites (tertiary alicyclic amines) is 1. The summed E-state index contributed by atoms with van der Waals surface area (Å²) in [4.78, 5) is 34.2. The first-order chi connectivity index (χ1) is 7.61. The number of carbonyl (C=O) groups is 3. The van der Waals surface area contributed by atoms with Crippen molar-refractivity contribution in [2.75, 3.05) is 19.6 Å². The number of hydrogen-bond acceptors (Lipinski definition) is 4. The topological polar surface area (TPSA) is 92.5 Å². The first kappa shape index (κ1) is 12.6. The van der Waals surface area contributed by atoms with E-state index in [4.69, 9.17) is 5.73 Å². The van der Waals surface area contributed by atoms with Crippen molar-refractivity contribution >= 4 is 18.2 Å². The average molecular weight is 227 g/mol. The molecular weight excluding hydrogens is 210 g/mol. The quantitative estimate of drug-likeness (QED) is 0.632. The smallest absolute Gasteiger partial charge is 0.318 e. The summed E-state index contributed by atoms with van der Waals surface area (Å²) in [7, 11) is 0. The minimum absolute atomic E-state index is 0.0768. The van der Waals surface area contributed by atoms with Gasteiger partial charge >= 0.3 is 6.03 Å². The van der Waals surface area contributed by atoms with Gasteiger partial charge in [0.25, 0.3) is 0 Å². The number of hydrogen-bond donors (Lipinski definition) is 2. The third-order valence-corrected chi connectivity index (χ3v) is 2.65. The molecule has 1 rings (SSSR count). The highest BCUT2D eigenvalue weighted by molar-refractivity contribution is 5.93. The lowest BCUT2D eigenvalue weighted by atomic mass is 10.00. The zero-order valence-electron chi connectivity index (χ0n) is 9.15. The van der Waals surface area contributed by atoms with E-state index in [0.29, 0.717) is 13.1 Å². The standard InChI is InChI=1S/C10H17N3O3/c11-10(16)12-9(15)3-5-13-4-1-2-8(6-13)7-14/h7-8H,1-6H2,(H3,11,12,15,16). The summed E-state index contributed by atoms with van der Waals surface area (Å²) in [6.45, 7) is 2.16. The van der Waals surface area contributed by atoms with E-state index < -0.39 is 6.03 Å². The van der Waals surface area contributed by atoms with Crippen molar-refractivity contribution in [3.63, 3.8) is 0 Å². The van der Waals surface area contributed by atoms with E-state index in [1.165, 1.54) is 0 Å². The summed E-state index contributed by atoms with van der Waals surface area (Å²) in [5.41, 5.74) is 4.81. The Morgan fingerprint density at radius 2 is 2.25 bits per heavy atom. The third-order valence-electron chi connectivity index (χ3n) is 2.65. The Labute approximate surface area is 94.2 Å². The Balaban J connectivity index is 2.24. The van der Waals surface area contributed by atoms with E-state index in [0.717, 1.165) is 25.7 Å². The van der Waals surface area contributed by atoms with Crippen molar-refractivity contribution in [1.82, 2.24) is 10.2 Å². The predicted molar refractivity (Wildman–Crippen MR) is 57.6 cm³/mol. The molecule has 0 spiro atoms. The van der Waals surface area contributed by atoms with Crippen LogP contribution in [0.4, 0.5) is 4.79 Å². The van der Waals surface area contributed by atoms with Crippen LogP contribution >= 0.6 is 0 Å². The van der Waals surface area contributed by atoms with E-state index in [-0.39, 0.29) is 18.2 Å². The summed E-state index contributed by atoms with van der Waals surface area (Å²) in [5, 5.41) is 2.01. The normalized spacial score (nSPS) is 21.4. The minimum Gasteiger partial charge on any atom is -0.351 e. The highest BCUT2D eigenvalue weighted by atomic mass is 16.2. The van der Waals surface area contributed by atoms with Gasteiger partial charge in [0.05, 0.1) is 0 Å². The van der Waals surface area contributed by atoms with Gasteiger partial charge in [0.2, 0.25) is 5.91 Å². The molecule has 0 aromatic rings. The predicted octanol–water partition coefficient (Wildman–Crippen LogP) is -0.518. The van der Waals surface area contributed by atoms with E-state index in [1.54, 1.807) is 0 Å². The number of nitrogens with zero attached hydrogens (tertiary/aromatic N) is 1. The molecule has 6 nitrogen and oxygen atoms in total. The second-order valence-corrected chi connectivity index (χ2v) is 4.00. The molecule has 0 aliphatic carbocycles. The Hall–Kier alpha value is -1.43. The van der Waals surface area contributed by atoms with Gasteiger partial charge in [-0.25, -0.2) is 4.79 Å². The molecular formula is C10H17N3O3. The van der Waals surface area contributed by atoms with Crippen LogP contribution in [0.15, 0.2) is 0 Å². The summed E-state index contributed by atoms with van der Waals surface area (Å²) in [6, 6.07) is -0.825. The van der Waals surface area contributed by atoms with E-state index in [2.05, 4.69) is 4.90 Å². The summed E-state index contributed by atoms with van der Waals surface area (Å²) >= 11 is 0. The SMILES string of the molecule is NC(=O)NC(=O)CCN1CCCC(C=O)C1. The van der Waals surface area contributed by atoms with Crippen LogP contribution in [0.25, 0.3) is 0 Å². The Morgan fingerprint density at radius 1 is 1.50 bits per heavy atom. The molecule has 0 bridgehead atoms. The van der Waals surface area contributed by atoms with Crippen LogP contribution in [0, 0.1) is 5.92 Å². The molecule has 1 atom stereocenters. The van der Waals surface area contributed by atoms with Crippen LogP contribution in [0.2, 0.25) is 0 Å². The van der Waals surface area contributed by atoms with Crippen molar-refractivity contribution in [1.29, 1.82) is 0 Å². The molecule has 0 radical (unpaired) electrons. The largest absolute Gasteiger partial charge is 0.351 e.